The topological polar surface area (TPSA) is 74.6 Å². The second-order valence-electron chi connectivity index (χ2n) is 8.73. The van der Waals surface area contributed by atoms with E-state index in [0.29, 0.717) is 11.8 Å². The third-order valence-corrected chi connectivity index (χ3v) is 8.00. The highest BCUT2D eigenvalue weighted by molar-refractivity contribution is 5.99. The predicted octanol–water partition coefficient (Wildman–Crippen LogP) is 3.88. The molecule has 1 unspecified atom stereocenters. The molecule has 4 aliphatic carbocycles. The molecule has 0 saturated heterocycles. The lowest BCUT2D eigenvalue weighted by atomic mass is 9.47. The number of aliphatic hydroxyl groups excluding tert-OH is 1. The molecular formula is C20H26O4. The zero-order valence-corrected chi connectivity index (χ0v) is 14.4. The minimum atomic E-state index is -0.650. The van der Waals surface area contributed by atoms with Gasteiger partial charge in [0, 0.05) is 6.08 Å². The Morgan fingerprint density at radius 3 is 2.58 bits per heavy atom. The van der Waals surface area contributed by atoms with Gasteiger partial charge in [-0.1, -0.05) is 12.5 Å². The van der Waals surface area contributed by atoms with Crippen molar-refractivity contribution < 1.29 is 19.8 Å². The van der Waals surface area contributed by atoms with E-state index in [-0.39, 0.29) is 28.8 Å². The molecule has 0 aromatic rings. The van der Waals surface area contributed by atoms with E-state index < -0.39 is 11.4 Å². The van der Waals surface area contributed by atoms with Gasteiger partial charge in [-0.15, -0.1) is 0 Å². The number of ketones is 1. The number of hydrogen-bond donors (Lipinski definition) is 2. The van der Waals surface area contributed by atoms with Crippen LogP contribution in [0, 0.1) is 34.5 Å². The lowest BCUT2D eigenvalue weighted by Gasteiger charge is -2.56. The van der Waals surface area contributed by atoms with Gasteiger partial charge >= 0.3 is 5.97 Å². The highest BCUT2D eigenvalue weighted by Gasteiger charge is 2.61. The van der Waals surface area contributed by atoms with Gasteiger partial charge in [-0.3, -0.25) is 9.59 Å². The van der Waals surface area contributed by atoms with Crippen LogP contribution in [0.1, 0.15) is 52.4 Å². The lowest BCUT2D eigenvalue weighted by Crippen LogP contribution is -2.53. The Labute approximate surface area is 142 Å². The Balaban J connectivity index is 1.71. The van der Waals surface area contributed by atoms with Crippen LogP contribution in [-0.4, -0.2) is 22.0 Å². The van der Waals surface area contributed by atoms with Crippen LogP contribution in [-0.2, 0) is 9.59 Å². The van der Waals surface area contributed by atoms with E-state index in [2.05, 4.69) is 6.92 Å². The first-order valence-electron chi connectivity index (χ1n) is 9.17. The summed E-state index contributed by atoms with van der Waals surface area (Å²) in [6.45, 7) is 4.22. The number of carbonyl (C=O) groups excluding carboxylic acids is 1. The van der Waals surface area contributed by atoms with Crippen molar-refractivity contribution in [1.29, 1.82) is 0 Å². The van der Waals surface area contributed by atoms with Gasteiger partial charge in [0.15, 0.2) is 5.78 Å². The molecule has 0 bridgehead atoms. The number of aliphatic hydroxyl groups is 1. The van der Waals surface area contributed by atoms with Crippen molar-refractivity contribution in [3.63, 3.8) is 0 Å². The molecular weight excluding hydrogens is 304 g/mol. The molecule has 6 atom stereocenters. The maximum absolute atomic E-state index is 12.8. The molecule has 0 aromatic carbocycles. The standard InChI is InChI=1S/C20H26O4/c1-19-8-7-15-13(14(19)5-6-16(19)18(23)24)4-3-11-9-12(21)10-17(22)20(11,15)2/h9-10,13-16,21H,3-8H2,1-2H3,(H,23,24)/t13-,14-,15-,16?,19-,20-/m0/s1. The van der Waals surface area contributed by atoms with E-state index in [4.69, 9.17) is 0 Å². The molecule has 0 spiro atoms. The van der Waals surface area contributed by atoms with Crippen molar-refractivity contribution in [3.8, 4) is 0 Å². The van der Waals surface area contributed by atoms with Crippen LogP contribution in [0.4, 0.5) is 0 Å². The van der Waals surface area contributed by atoms with Gasteiger partial charge in [0.25, 0.3) is 0 Å². The third-order valence-electron chi connectivity index (χ3n) is 8.00. The van der Waals surface area contributed by atoms with Gasteiger partial charge in [-0.25, -0.2) is 0 Å². The summed E-state index contributed by atoms with van der Waals surface area (Å²) in [7, 11) is 0. The zero-order chi connectivity index (χ0) is 17.3. The number of carboxylic acids is 1. The van der Waals surface area contributed by atoms with Gasteiger partial charge in [-0.05, 0) is 74.7 Å². The van der Waals surface area contributed by atoms with Gasteiger partial charge in [0.05, 0.1) is 11.3 Å². The number of aliphatic carboxylic acids is 1. The van der Waals surface area contributed by atoms with Crippen molar-refractivity contribution >= 4 is 11.8 Å². The second kappa shape index (κ2) is 4.96. The largest absolute Gasteiger partial charge is 0.508 e. The molecule has 0 heterocycles. The summed E-state index contributed by atoms with van der Waals surface area (Å²) in [6.07, 6.45) is 8.57. The van der Waals surface area contributed by atoms with Gasteiger partial charge in [0.1, 0.15) is 5.76 Å². The number of allylic oxidation sites excluding steroid dienone is 3. The molecule has 2 N–H and O–H groups in total. The maximum atomic E-state index is 12.8. The molecule has 0 radical (unpaired) electrons. The maximum Gasteiger partial charge on any atom is 0.307 e. The van der Waals surface area contributed by atoms with E-state index >= 15 is 0 Å². The summed E-state index contributed by atoms with van der Waals surface area (Å²) in [5, 5.41) is 19.4. The number of rotatable bonds is 1. The van der Waals surface area contributed by atoms with Crippen LogP contribution < -0.4 is 0 Å². The highest BCUT2D eigenvalue weighted by Crippen LogP contribution is 2.65. The Morgan fingerprint density at radius 1 is 1.12 bits per heavy atom. The van der Waals surface area contributed by atoms with Crippen molar-refractivity contribution in [2.45, 2.75) is 52.4 Å². The second-order valence-corrected chi connectivity index (χ2v) is 8.73. The zero-order valence-electron chi connectivity index (χ0n) is 14.4. The van der Waals surface area contributed by atoms with E-state index in [0.717, 1.165) is 44.1 Å². The van der Waals surface area contributed by atoms with Crippen molar-refractivity contribution in [2.24, 2.45) is 34.5 Å². The van der Waals surface area contributed by atoms with E-state index in [1.807, 2.05) is 6.92 Å². The quantitative estimate of drug-likeness (QED) is 0.765. The molecule has 4 heteroatoms. The van der Waals surface area contributed by atoms with Crippen molar-refractivity contribution in [3.05, 3.63) is 23.5 Å². The van der Waals surface area contributed by atoms with Crippen molar-refractivity contribution in [2.75, 3.05) is 0 Å². The molecule has 4 rings (SSSR count). The van der Waals surface area contributed by atoms with E-state index in [1.165, 1.54) is 6.08 Å². The first-order valence-corrected chi connectivity index (χ1v) is 9.17. The Morgan fingerprint density at radius 2 is 1.88 bits per heavy atom. The first-order chi connectivity index (χ1) is 11.3. The van der Waals surface area contributed by atoms with Crippen LogP contribution in [0.2, 0.25) is 0 Å². The van der Waals surface area contributed by atoms with E-state index in [9.17, 15) is 19.8 Å². The molecule has 0 aliphatic heterocycles. The Bertz CT molecular complexity index is 675. The summed E-state index contributed by atoms with van der Waals surface area (Å²) < 4.78 is 0. The Kier molecular flexibility index (Phi) is 3.29. The normalized spacial score (nSPS) is 47.2. The molecule has 3 saturated carbocycles. The lowest BCUT2D eigenvalue weighted by molar-refractivity contribution is -0.150. The molecule has 4 aliphatic rings. The number of fused-ring (bicyclic) bond motifs is 5. The van der Waals surface area contributed by atoms with Crippen LogP contribution >= 0.6 is 0 Å². The average Bonchev–Trinajstić information content (AvgIpc) is 2.86. The van der Waals surface area contributed by atoms with Gasteiger partial charge < -0.3 is 10.2 Å². The smallest absolute Gasteiger partial charge is 0.307 e. The molecule has 130 valence electrons. The monoisotopic (exact) mass is 330 g/mol. The fourth-order valence-corrected chi connectivity index (χ4v) is 6.70. The highest BCUT2D eigenvalue weighted by atomic mass is 16.4. The molecule has 0 aromatic heterocycles. The predicted molar refractivity (Wildman–Crippen MR) is 89.3 cm³/mol. The minimum Gasteiger partial charge on any atom is -0.508 e. The fourth-order valence-electron chi connectivity index (χ4n) is 6.70. The summed E-state index contributed by atoms with van der Waals surface area (Å²) in [5.41, 5.74) is 0.447. The van der Waals surface area contributed by atoms with Crippen LogP contribution in [0.3, 0.4) is 0 Å². The fraction of sp³-hybridized carbons (Fsp3) is 0.700. The summed E-state index contributed by atoms with van der Waals surface area (Å²) in [6, 6.07) is 0. The van der Waals surface area contributed by atoms with Gasteiger partial charge in [-0.2, -0.15) is 0 Å². The molecule has 24 heavy (non-hydrogen) atoms. The first kappa shape index (κ1) is 15.9. The summed E-state index contributed by atoms with van der Waals surface area (Å²) in [4.78, 5) is 24.5. The van der Waals surface area contributed by atoms with Crippen LogP contribution in [0.15, 0.2) is 23.5 Å². The van der Waals surface area contributed by atoms with Crippen LogP contribution in [0.25, 0.3) is 0 Å². The summed E-state index contributed by atoms with van der Waals surface area (Å²) in [5.74, 6) is 0.333. The molecule has 0 amide bonds. The minimum absolute atomic E-state index is 0.0311. The SMILES string of the molecule is C[C@]12C(=O)C=C(O)C=C1CC[C@@H]1[C@@H]2CC[C@]2(C)C(C(=O)O)CC[C@@H]12. The number of carboxylic acid groups (broad SMARTS) is 1. The Hall–Kier alpha value is -1.58. The summed E-state index contributed by atoms with van der Waals surface area (Å²) >= 11 is 0. The number of carbonyl (C=O) groups is 2. The van der Waals surface area contributed by atoms with E-state index in [1.54, 1.807) is 6.08 Å². The molecule has 4 nitrogen and oxygen atoms in total. The molecule has 3 fully saturated rings. The van der Waals surface area contributed by atoms with Crippen LogP contribution in [0.5, 0.6) is 0 Å². The average molecular weight is 330 g/mol. The number of hydrogen-bond acceptors (Lipinski definition) is 3. The van der Waals surface area contributed by atoms with Gasteiger partial charge in [0.2, 0.25) is 0 Å². The third kappa shape index (κ3) is 1.86. The van der Waals surface area contributed by atoms with Crippen molar-refractivity contribution in [1.82, 2.24) is 0 Å².